The smallest absolute Gasteiger partial charge is 0.274 e. The number of aromatic nitrogens is 2. The molecule has 1 heterocycles. The van der Waals surface area contributed by atoms with Gasteiger partial charge in [0.2, 0.25) is 11.8 Å². The second-order valence-electron chi connectivity index (χ2n) is 12.0. The molecule has 0 fully saturated rings. The Balaban J connectivity index is 1.80. The van der Waals surface area contributed by atoms with Gasteiger partial charge in [0, 0.05) is 48.0 Å². The van der Waals surface area contributed by atoms with E-state index in [1.54, 1.807) is 31.2 Å². The first-order valence-electron chi connectivity index (χ1n) is 17.4. The van der Waals surface area contributed by atoms with Gasteiger partial charge in [0.25, 0.3) is 11.8 Å². The Hall–Kier alpha value is -4.96. The van der Waals surface area contributed by atoms with Gasteiger partial charge in [-0.2, -0.15) is 0 Å². The predicted octanol–water partition coefficient (Wildman–Crippen LogP) is 2.99. The van der Waals surface area contributed by atoms with Crippen LogP contribution in [0.2, 0.25) is 0 Å². The number of halogens is 1. The Morgan fingerprint density at radius 2 is 1.07 bits per heavy atom. The van der Waals surface area contributed by atoms with E-state index in [1.165, 1.54) is 29.6 Å². The molecule has 0 aliphatic rings. The number of carbonyl (C=O) groups excluding carboxylic acids is 4. The van der Waals surface area contributed by atoms with Crippen LogP contribution in [0, 0.1) is 6.92 Å². The van der Waals surface area contributed by atoms with Crippen LogP contribution in [0.1, 0.15) is 65.1 Å². The van der Waals surface area contributed by atoms with Crippen molar-refractivity contribution >= 4 is 97.8 Å². The molecule has 3 aromatic rings. The number of hydrogen-bond donors (Lipinski definition) is 10. The molecule has 1 aromatic heterocycles. The highest BCUT2D eigenvalue weighted by Gasteiger charge is 2.21. The number of unbranched alkanes of at least 4 members (excludes halogenated alkanes) is 2. The predicted molar refractivity (Wildman–Crippen MR) is 225 cm³/mol. The van der Waals surface area contributed by atoms with Crippen LogP contribution in [0.4, 0.5) is 22.7 Å². The minimum Gasteiger partial charge on any atom is -0.396 e. The normalized spacial score (nSPS) is 10.6. The van der Waals surface area contributed by atoms with E-state index in [0.717, 1.165) is 11.9 Å². The second-order valence-corrected chi connectivity index (χ2v) is 15.1. The van der Waals surface area contributed by atoms with Gasteiger partial charge in [-0.1, -0.05) is 15.9 Å². The standard InChI is InChI=1S/C35H47BrN12O6S2/c1-20-14-22(45-28(51)6-2-4-8-41-34(37)38)30(55-12-10-49)23(15-20)47-32(53)26-18-27(44-19-43-26)33(54)48-25-17-21(36)16-24(31(25)56-13-11-50)46-29(52)7-3-5-9-42-35(39)40/h14-19,49-50H,2-13H2,1H3,(H,45,51)(H,46,52)(H,47,53)(H,48,54)(H4,37,38,41)(H4,39,40,42). The fourth-order valence-electron chi connectivity index (χ4n) is 4.96. The van der Waals surface area contributed by atoms with E-state index in [1.807, 2.05) is 0 Å². The maximum atomic E-state index is 13.6. The van der Waals surface area contributed by atoms with E-state index in [2.05, 4.69) is 57.1 Å². The van der Waals surface area contributed by atoms with Crippen molar-refractivity contribution in [1.29, 1.82) is 0 Å². The molecule has 21 heteroatoms. The van der Waals surface area contributed by atoms with Gasteiger partial charge in [0.1, 0.15) is 17.7 Å². The number of nitrogens with zero attached hydrogens (tertiary/aromatic N) is 4. The molecule has 302 valence electrons. The lowest BCUT2D eigenvalue weighted by Gasteiger charge is -2.17. The van der Waals surface area contributed by atoms with Gasteiger partial charge in [0.15, 0.2) is 11.9 Å². The van der Waals surface area contributed by atoms with Crippen LogP contribution in [0.25, 0.3) is 0 Å². The van der Waals surface area contributed by atoms with Crippen molar-refractivity contribution in [2.75, 3.05) is 59.1 Å². The number of aryl methyl sites for hydroxylation is 1. The van der Waals surface area contributed by atoms with Crippen molar-refractivity contribution in [3.63, 3.8) is 0 Å². The van der Waals surface area contributed by atoms with E-state index in [-0.39, 0.29) is 72.7 Å². The maximum Gasteiger partial charge on any atom is 0.274 e. The fourth-order valence-corrected chi connectivity index (χ4v) is 7.07. The molecule has 0 spiro atoms. The summed E-state index contributed by atoms with van der Waals surface area (Å²) in [4.78, 5) is 69.8. The molecular formula is C35H47BrN12O6S2. The summed E-state index contributed by atoms with van der Waals surface area (Å²) in [5.41, 5.74) is 23.5. The summed E-state index contributed by atoms with van der Waals surface area (Å²) in [5.74, 6) is -1.30. The van der Waals surface area contributed by atoms with Crippen LogP contribution in [-0.4, -0.2) is 93.5 Å². The molecule has 56 heavy (non-hydrogen) atoms. The molecule has 0 radical (unpaired) electrons. The molecule has 0 atom stereocenters. The topological polar surface area (TPSA) is 311 Å². The zero-order valence-electron chi connectivity index (χ0n) is 30.8. The first kappa shape index (κ1) is 45.4. The summed E-state index contributed by atoms with van der Waals surface area (Å²) >= 11 is 5.91. The largest absolute Gasteiger partial charge is 0.396 e. The Bertz CT molecular complexity index is 1780. The monoisotopic (exact) mass is 874 g/mol. The highest BCUT2D eigenvalue weighted by Crippen LogP contribution is 2.39. The van der Waals surface area contributed by atoms with Gasteiger partial charge in [-0.25, -0.2) is 9.97 Å². The first-order valence-corrected chi connectivity index (χ1v) is 20.2. The minimum absolute atomic E-state index is 0.0120. The van der Waals surface area contributed by atoms with Crippen molar-refractivity contribution in [2.45, 2.75) is 55.2 Å². The van der Waals surface area contributed by atoms with Crippen LogP contribution in [-0.2, 0) is 9.59 Å². The molecule has 4 amide bonds. The van der Waals surface area contributed by atoms with Crippen LogP contribution < -0.4 is 44.2 Å². The number of carbonyl (C=O) groups is 4. The number of guanidine groups is 2. The number of rotatable bonds is 22. The van der Waals surface area contributed by atoms with E-state index in [4.69, 9.17) is 22.9 Å². The average Bonchev–Trinajstić information content (AvgIpc) is 3.13. The average molecular weight is 876 g/mol. The van der Waals surface area contributed by atoms with E-state index >= 15 is 0 Å². The van der Waals surface area contributed by atoms with Gasteiger partial charge < -0.3 is 54.4 Å². The molecule has 0 unspecified atom stereocenters. The van der Waals surface area contributed by atoms with E-state index < -0.39 is 11.8 Å². The van der Waals surface area contributed by atoms with Crippen molar-refractivity contribution in [3.05, 3.63) is 58.1 Å². The Kier molecular flexibility index (Phi) is 19.3. The number of aliphatic hydroxyl groups excluding tert-OH is 2. The Labute approximate surface area is 341 Å². The van der Waals surface area contributed by atoms with Gasteiger partial charge in [-0.3, -0.25) is 29.2 Å². The number of nitrogens with one attached hydrogen (secondary N) is 4. The molecule has 3 rings (SSSR count). The maximum absolute atomic E-state index is 13.6. The third-order valence-corrected chi connectivity index (χ3v) is 10.0. The van der Waals surface area contributed by atoms with Crippen molar-refractivity contribution in [3.8, 4) is 0 Å². The lowest BCUT2D eigenvalue weighted by atomic mass is 10.1. The van der Waals surface area contributed by atoms with E-state index in [0.29, 0.717) is 75.8 Å². The summed E-state index contributed by atoms with van der Waals surface area (Å²) in [5, 5.41) is 30.5. The molecule has 0 aliphatic heterocycles. The number of aliphatic imine (C=N–C) groups is 2. The number of benzene rings is 2. The molecule has 14 N–H and O–H groups in total. The van der Waals surface area contributed by atoms with Crippen LogP contribution in [0.5, 0.6) is 0 Å². The van der Waals surface area contributed by atoms with Crippen LogP contribution >= 0.6 is 39.5 Å². The molecule has 18 nitrogen and oxygen atoms in total. The molecule has 0 saturated heterocycles. The summed E-state index contributed by atoms with van der Waals surface area (Å²) in [6.45, 7) is 2.29. The SMILES string of the molecule is Cc1cc(NC(=O)CCCCN=C(N)N)c(SCCO)c(NC(=O)c2cc(C(=O)Nc3cc(Br)cc(NC(=O)CCCCN=C(N)N)c3SCCO)ncn2)c1. The summed E-state index contributed by atoms with van der Waals surface area (Å²) in [6.07, 6.45) is 3.81. The van der Waals surface area contributed by atoms with Crippen molar-refractivity contribution < 1.29 is 29.4 Å². The Morgan fingerprint density at radius 1 is 0.661 bits per heavy atom. The Morgan fingerprint density at radius 3 is 1.50 bits per heavy atom. The molecule has 2 aromatic carbocycles. The van der Waals surface area contributed by atoms with Crippen molar-refractivity contribution in [2.24, 2.45) is 32.9 Å². The quantitative estimate of drug-likeness (QED) is 0.0301. The van der Waals surface area contributed by atoms with Crippen LogP contribution in [0.3, 0.4) is 0 Å². The number of thioether (sulfide) groups is 2. The lowest BCUT2D eigenvalue weighted by Crippen LogP contribution is -2.23. The van der Waals surface area contributed by atoms with Crippen molar-refractivity contribution in [1.82, 2.24) is 9.97 Å². The van der Waals surface area contributed by atoms with Gasteiger partial charge >= 0.3 is 0 Å². The molecule has 0 saturated carbocycles. The number of anilines is 4. The third-order valence-electron chi connectivity index (χ3n) is 7.35. The second kappa shape index (κ2) is 23.8. The zero-order chi connectivity index (χ0) is 41.0. The number of amides is 4. The third kappa shape index (κ3) is 15.6. The molecule has 0 bridgehead atoms. The first-order chi connectivity index (χ1) is 26.8. The highest BCUT2D eigenvalue weighted by molar-refractivity contribution is 9.10. The number of nitrogens with two attached hydrogens (primary N) is 4. The summed E-state index contributed by atoms with van der Waals surface area (Å²) < 4.78 is 0.554. The number of aliphatic hydroxyl groups is 2. The fraction of sp³-hybridized carbons (Fsp3) is 0.371. The van der Waals surface area contributed by atoms with Gasteiger partial charge in [0.05, 0.1) is 45.8 Å². The molecule has 0 aliphatic carbocycles. The minimum atomic E-state index is -0.666. The summed E-state index contributed by atoms with van der Waals surface area (Å²) in [7, 11) is 0. The van der Waals surface area contributed by atoms with E-state index in [9.17, 15) is 29.4 Å². The number of hydrogen-bond acceptors (Lipinski definition) is 12. The zero-order valence-corrected chi connectivity index (χ0v) is 34.0. The lowest BCUT2D eigenvalue weighted by molar-refractivity contribution is -0.117. The van der Waals surface area contributed by atoms with Gasteiger partial charge in [-0.05, 0) is 62.4 Å². The van der Waals surface area contributed by atoms with Gasteiger partial charge in [-0.15, -0.1) is 23.5 Å². The summed E-state index contributed by atoms with van der Waals surface area (Å²) in [6, 6.07) is 8.05. The molecular weight excluding hydrogens is 829 g/mol. The van der Waals surface area contributed by atoms with Crippen LogP contribution in [0.15, 0.2) is 60.9 Å². The highest BCUT2D eigenvalue weighted by atomic mass is 79.9.